The Kier molecular flexibility index (Phi) is 5.47. The van der Waals surface area contributed by atoms with E-state index in [4.69, 9.17) is 22.1 Å². The first-order valence-electron chi connectivity index (χ1n) is 10.1. The Morgan fingerprint density at radius 1 is 1.17 bits per heavy atom. The van der Waals surface area contributed by atoms with E-state index in [1.165, 1.54) is 0 Å². The molecule has 2 N–H and O–H groups in total. The molecule has 3 nitrogen and oxygen atoms in total. The first-order valence-corrected chi connectivity index (χ1v) is 10.4. The maximum atomic E-state index is 13.0. The molecule has 7 heteroatoms. The van der Waals surface area contributed by atoms with Crippen molar-refractivity contribution in [1.82, 2.24) is 0 Å². The highest BCUT2D eigenvalue weighted by Gasteiger charge is 2.46. The molecule has 2 aliphatic rings. The van der Waals surface area contributed by atoms with E-state index in [9.17, 15) is 18.0 Å². The van der Waals surface area contributed by atoms with Crippen LogP contribution in [0.2, 0.25) is 5.02 Å². The second kappa shape index (κ2) is 7.80. The number of ether oxygens (including phenoxy) is 1. The zero-order valence-electron chi connectivity index (χ0n) is 16.3. The van der Waals surface area contributed by atoms with Crippen LogP contribution in [-0.4, -0.2) is 12.5 Å². The third-order valence-electron chi connectivity index (χ3n) is 6.67. The normalized spacial score (nSPS) is 24.3. The van der Waals surface area contributed by atoms with E-state index in [2.05, 4.69) is 0 Å². The summed E-state index contributed by atoms with van der Waals surface area (Å²) >= 11 is 5.94. The molecule has 30 heavy (non-hydrogen) atoms. The predicted octanol–water partition coefficient (Wildman–Crippen LogP) is 5.52. The number of primary amides is 1. The highest BCUT2D eigenvalue weighted by atomic mass is 35.5. The van der Waals surface area contributed by atoms with Gasteiger partial charge >= 0.3 is 6.18 Å². The van der Waals surface area contributed by atoms with E-state index in [1.807, 2.05) is 12.1 Å². The fraction of sp³-hybridized carbons (Fsp3) is 0.435. The van der Waals surface area contributed by atoms with Gasteiger partial charge in [-0.15, -0.1) is 0 Å². The summed E-state index contributed by atoms with van der Waals surface area (Å²) in [4.78, 5) is 12.2. The lowest BCUT2D eigenvalue weighted by atomic mass is 9.64. The molecule has 1 atom stereocenters. The van der Waals surface area contributed by atoms with Crippen LogP contribution in [0.3, 0.4) is 0 Å². The number of benzene rings is 2. The zero-order chi connectivity index (χ0) is 21.5. The number of hydrogen-bond donors (Lipinski definition) is 1. The predicted molar refractivity (Wildman–Crippen MR) is 108 cm³/mol. The number of halogens is 4. The number of rotatable bonds is 4. The van der Waals surface area contributed by atoms with Crippen molar-refractivity contribution in [2.75, 3.05) is 6.61 Å². The van der Waals surface area contributed by atoms with Crippen LogP contribution in [0.1, 0.15) is 42.4 Å². The zero-order valence-corrected chi connectivity index (χ0v) is 17.1. The van der Waals surface area contributed by atoms with Crippen molar-refractivity contribution in [3.05, 3.63) is 64.2 Å². The van der Waals surface area contributed by atoms with Gasteiger partial charge in [0.15, 0.2) is 0 Å². The Bertz CT molecular complexity index is 934. The maximum absolute atomic E-state index is 13.0. The molecule has 4 rings (SSSR count). The van der Waals surface area contributed by atoms with Crippen LogP contribution in [0.25, 0.3) is 0 Å². The van der Waals surface area contributed by atoms with Crippen molar-refractivity contribution in [1.29, 1.82) is 0 Å². The summed E-state index contributed by atoms with van der Waals surface area (Å²) in [5.41, 5.74) is 6.62. The molecule has 0 saturated heterocycles. The number of nitrogens with two attached hydrogens (primary N) is 1. The van der Waals surface area contributed by atoms with Crippen LogP contribution < -0.4 is 10.5 Å². The van der Waals surface area contributed by atoms with Gasteiger partial charge < -0.3 is 10.5 Å². The number of alkyl halides is 3. The average Bonchev–Trinajstić information content (AvgIpc) is 3.05. The quantitative estimate of drug-likeness (QED) is 0.684. The minimum Gasteiger partial charge on any atom is -0.492 e. The molecule has 1 aliphatic carbocycles. The summed E-state index contributed by atoms with van der Waals surface area (Å²) in [7, 11) is 0. The Labute approximate surface area is 178 Å². The Morgan fingerprint density at radius 2 is 1.83 bits per heavy atom. The molecule has 2 aromatic rings. The van der Waals surface area contributed by atoms with Gasteiger partial charge in [-0.1, -0.05) is 29.8 Å². The number of carbonyl (C=O) groups is 1. The van der Waals surface area contributed by atoms with Gasteiger partial charge in [0, 0.05) is 21.9 Å². The molecule has 1 spiro atoms. The van der Waals surface area contributed by atoms with Crippen LogP contribution in [-0.2, 0) is 22.8 Å². The van der Waals surface area contributed by atoms with Crippen LogP contribution in [0.4, 0.5) is 13.2 Å². The molecule has 0 unspecified atom stereocenters. The molecular weight excluding hydrogens is 415 g/mol. The van der Waals surface area contributed by atoms with Gasteiger partial charge in [0.25, 0.3) is 0 Å². The fourth-order valence-electron chi connectivity index (χ4n) is 4.93. The summed E-state index contributed by atoms with van der Waals surface area (Å²) < 4.78 is 44.7. The summed E-state index contributed by atoms with van der Waals surface area (Å²) in [6, 6.07) is 11.2. The van der Waals surface area contributed by atoms with E-state index >= 15 is 0 Å². The van der Waals surface area contributed by atoms with Crippen LogP contribution in [0.15, 0.2) is 42.5 Å². The van der Waals surface area contributed by atoms with E-state index in [0.717, 1.165) is 48.9 Å². The Morgan fingerprint density at radius 3 is 2.43 bits per heavy atom. The fourth-order valence-corrected chi connectivity index (χ4v) is 5.06. The van der Waals surface area contributed by atoms with E-state index in [0.29, 0.717) is 23.8 Å². The van der Waals surface area contributed by atoms with Crippen LogP contribution in [0.5, 0.6) is 5.75 Å². The largest absolute Gasteiger partial charge is 0.492 e. The summed E-state index contributed by atoms with van der Waals surface area (Å²) in [6.07, 6.45) is -0.731. The monoisotopic (exact) mass is 437 g/mol. The number of carbonyl (C=O) groups excluding carboxylic acids is 1. The molecule has 1 aliphatic heterocycles. The van der Waals surface area contributed by atoms with Crippen molar-refractivity contribution in [3.8, 4) is 5.75 Å². The molecule has 0 aromatic heterocycles. The standard InChI is InChI=1S/C23H23ClF3NO2/c24-17-4-1-14(2-5-17)11-18(21(28)29)15-7-9-22(10-8-15)13-30-20-12-16(23(25,26)27)3-6-19(20)22/h1-6,12,15,18H,7-11,13H2,(H2,28,29)/t15?,18-,22?/m1/s1. The molecule has 2 aromatic carbocycles. The molecule has 1 saturated carbocycles. The molecule has 1 heterocycles. The third-order valence-corrected chi connectivity index (χ3v) is 6.93. The van der Waals surface area contributed by atoms with Crippen molar-refractivity contribution >= 4 is 17.5 Å². The SMILES string of the molecule is NC(=O)[C@H](Cc1ccc(Cl)cc1)C1CCC2(CC1)COc1cc(C(F)(F)F)ccc12. The van der Waals surface area contributed by atoms with Crippen molar-refractivity contribution in [3.63, 3.8) is 0 Å². The van der Waals surface area contributed by atoms with Gasteiger partial charge in [-0.25, -0.2) is 0 Å². The number of hydrogen-bond acceptors (Lipinski definition) is 2. The van der Waals surface area contributed by atoms with Crippen molar-refractivity contribution in [2.24, 2.45) is 17.6 Å². The molecule has 0 radical (unpaired) electrons. The number of fused-ring (bicyclic) bond motifs is 2. The van der Waals surface area contributed by atoms with E-state index in [1.54, 1.807) is 18.2 Å². The summed E-state index contributed by atoms with van der Waals surface area (Å²) in [5, 5.41) is 0.641. The van der Waals surface area contributed by atoms with Gasteiger partial charge in [0.2, 0.25) is 5.91 Å². The topological polar surface area (TPSA) is 52.3 Å². The van der Waals surface area contributed by atoms with Gasteiger partial charge in [-0.2, -0.15) is 13.2 Å². The summed E-state index contributed by atoms with van der Waals surface area (Å²) in [5.74, 6) is -0.125. The molecule has 1 amide bonds. The lowest BCUT2D eigenvalue weighted by Gasteiger charge is -2.38. The molecule has 160 valence electrons. The maximum Gasteiger partial charge on any atom is 0.416 e. The first-order chi connectivity index (χ1) is 14.2. The van der Waals surface area contributed by atoms with Crippen molar-refractivity contribution < 1.29 is 22.7 Å². The number of amides is 1. The highest BCUT2D eigenvalue weighted by molar-refractivity contribution is 6.30. The first kappa shape index (κ1) is 21.0. The second-order valence-electron chi connectivity index (χ2n) is 8.45. The molecular formula is C23H23ClF3NO2. The molecule has 0 bridgehead atoms. The smallest absolute Gasteiger partial charge is 0.416 e. The van der Waals surface area contributed by atoms with E-state index in [-0.39, 0.29) is 23.2 Å². The van der Waals surface area contributed by atoms with Gasteiger partial charge in [0.1, 0.15) is 5.75 Å². The highest BCUT2D eigenvalue weighted by Crippen LogP contribution is 2.51. The average molecular weight is 438 g/mol. The minimum atomic E-state index is -4.39. The van der Waals surface area contributed by atoms with Gasteiger partial charge in [-0.3, -0.25) is 4.79 Å². The van der Waals surface area contributed by atoms with Gasteiger partial charge in [-0.05, 0) is 67.9 Å². The lowest BCUT2D eigenvalue weighted by Crippen LogP contribution is -2.39. The Hall–Kier alpha value is -2.21. The lowest BCUT2D eigenvalue weighted by molar-refractivity contribution is -0.137. The Balaban J connectivity index is 1.48. The minimum absolute atomic E-state index is 0.141. The van der Waals surface area contributed by atoms with Crippen LogP contribution >= 0.6 is 11.6 Å². The van der Waals surface area contributed by atoms with Gasteiger partial charge in [0.05, 0.1) is 12.2 Å². The second-order valence-corrected chi connectivity index (χ2v) is 8.89. The van der Waals surface area contributed by atoms with Crippen molar-refractivity contribution in [2.45, 2.75) is 43.7 Å². The molecule has 1 fully saturated rings. The summed E-state index contributed by atoms with van der Waals surface area (Å²) in [6.45, 7) is 0.384. The van der Waals surface area contributed by atoms with Crippen LogP contribution in [0, 0.1) is 11.8 Å². The third kappa shape index (κ3) is 4.02. The van der Waals surface area contributed by atoms with E-state index < -0.39 is 11.7 Å².